The second-order valence-corrected chi connectivity index (χ2v) is 6.87. The summed E-state index contributed by atoms with van der Waals surface area (Å²) in [6.45, 7) is 0.375. The van der Waals surface area contributed by atoms with Crippen molar-refractivity contribution < 1.29 is 12.8 Å². The number of nitrogens with two attached hydrogens (primary N) is 1. The predicted octanol–water partition coefficient (Wildman–Crippen LogP) is 1.07. The van der Waals surface area contributed by atoms with Crippen LogP contribution in [0.15, 0.2) is 35.5 Å². The molecular weight excluding hydrogens is 313 g/mol. The Hall–Kier alpha value is -1.79. The van der Waals surface area contributed by atoms with Gasteiger partial charge in [-0.2, -0.15) is 0 Å². The van der Waals surface area contributed by atoms with Crippen LogP contribution in [0.4, 0.5) is 4.39 Å². The Morgan fingerprint density at radius 2 is 2.19 bits per heavy atom. The van der Waals surface area contributed by atoms with Crippen molar-refractivity contribution in [1.29, 1.82) is 0 Å². The molecule has 0 atom stereocenters. The number of thiophene rings is 1. The molecule has 0 amide bonds. The zero-order valence-electron chi connectivity index (χ0n) is 10.8. The van der Waals surface area contributed by atoms with Crippen molar-refractivity contribution in [3.63, 3.8) is 0 Å². The maximum atomic E-state index is 13.0. The maximum absolute atomic E-state index is 13.0. The molecule has 0 bridgehead atoms. The molecule has 0 aliphatic rings. The molecule has 2 heterocycles. The number of nitrogens with one attached hydrogen (secondary N) is 1. The molecule has 0 saturated carbocycles. The Bertz CT molecular complexity index is 791. The van der Waals surface area contributed by atoms with E-state index in [1.165, 1.54) is 11.3 Å². The van der Waals surface area contributed by atoms with Crippen LogP contribution in [0.1, 0.15) is 9.75 Å². The molecule has 21 heavy (non-hydrogen) atoms. The Balaban J connectivity index is 2.07. The molecule has 5 nitrogen and oxygen atoms in total. The highest BCUT2D eigenvalue weighted by Gasteiger charge is 2.15. The standard InChI is InChI=1S/C13H12FN3O2S2/c14-10-6-13(9-16-7-10)21(18,19)17-8-12-4-3-11(20-12)2-1-5-15/h3-4,6-7,9,17H,5,8,15H2. The lowest BCUT2D eigenvalue weighted by Gasteiger charge is -2.04. The van der Waals surface area contributed by atoms with Gasteiger partial charge in [-0.05, 0) is 18.2 Å². The van der Waals surface area contributed by atoms with Gasteiger partial charge < -0.3 is 5.73 Å². The molecule has 110 valence electrons. The molecule has 2 aromatic heterocycles. The molecule has 2 aromatic rings. The minimum atomic E-state index is -3.79. The highest BCUT2D eigenvalue weighted by Crippen LogP contribution is 2.16. The third-order valence-corrected chi connectivity index (χ3v) is 4.77. The number of sulfonamides is 1. The van der Waals surface area contributed by atoms with Crippen molar-refractivity contribution in [2.24, 2.45) is 5.73 Å². The van der Waals surface area contributed by atoms with E-state index in [-0.39, 0.29) is 18.0 Å². The number of pyridine rings is 1. The van der Waals surface area contributed by atoms with Gasteiger partial charge in [-0.25, -0.2) is 17.5 Å². The topological polar surface area (TPSA) is 85.1 Å². The summed E-state index contributed by atoms with van der Waals surface area (Å²) in [7, 11) is -3.79. The smallest absolute Gasteiger partial charge is 0.242 e. The van der Waals surface area contributed by atoms with Crippen LogP contribution in [-0.2, 0) is 16.6 Å². The Morgan fingerprint density at radius 1 is 1.38 bits per heavy atom. The fourth-order valence-electron chi connectivity index (χ4n) is 1.47. The predicted molar refractivity (Wildman–Crippen MR) is 78.5 cm³/mol. The molecule has 0 aromatic carbocycles. The lowest BCUT2D eigenvalue weighted by atomic mass is 10.4. The largest absolute Gasteiger partial charge is 0.320 e. The first kappa shape index (κ1) is 15.6. The molecule has 0 radical (unpaired) electrons. The van der Waals surface area contributed by atoms with E-state index in [9.17, 15) is 12.8 Å². The first-order valence-corrected chi connectivity index (χ1v) is 8.19. The summed E-state index contributed by atoms with van der Waals surface area (Å²) in [6, 6.07) is 4.49. The van der Waals surface area contributed by atoms with Crippen LogP contribution in [0.2, 0.25) is 0 Å². The van der Waals surface area contributed by atoms with Gasteiger partial charge in [0.05, 0.1) is 17.6 Å². The maximum Gasteiger partial charge on any atom is 0.242 e. The fraction of sp³-hybridized carbons (Fsp3) is 0.154. The van der Waals surface area contributed by atoms with Crippen LogP contribution in [0.5, 0.6) is 0 Å². The van der Waals surface area contributed by atoms with E-state index in [2.05, 4.69) is 21.5 Å². The zero-order valence-corrected chi connectivity index (χ0v) is 12.5. The van der Waals surface area contributed by atoms with Crippen molar-refractivity contribution in [2.45, 2.75) is 11.4 Å². The van der Waals surface area contributed by atoms with Crippen LogP contribution < -0.4 is 10.5 Å². The van der Waals surface area contributed by atoms with E-state index in [1.807, 2.05) is 0 Å². The molecule has 0 aliphatic carbocycles. The van der Waals surface area contributed by atoms with Crippen molar-refractivity contribution in [2.75, 3.05) is 6.54 Å². The van der Waals surface area contributed by atoms with E-state index in [4.69, 9.17) is 5.73 Å². The monoisotopic (exact) mass is 325 g/mol. The third kappa shape index (κ3) is 4.34. The third-order valence-electron chi connectivity index (χ3n) is 2.40. The molecule has 0 saturated heterocycles. The summed E-state index contributed by atoms with van der Waals surface area (Å²) in [6.07, 6.45) is 2.04. The number of aromatic nitrogens is 1. The summed E-state index contributed by atoms with van der Waals surface area (Å²) in [5.74, 6) is 4.89. The van der Waals surface area contributed by atoms with Gasteiger partial charge in [0.1, 0.15) is 10.7 Å². The number of halogens is 1. The molecule has 2 rings (SSSR count). The van der Waals surface area contributed by atoms with Crippen molar-refractivity contribution in [3.05, 3.63) is 46.2 Å². The van der Waals surface area contributed by atoms with Crippen LogP contribution in [0, 0.1) is 17.7 Å². The van der Waals surface area contributed by atoms with Gasteiger partial charge in [0.2, 0.25) is 10.0 Å². The van der Waals surface area contributed by atoms with Crippen molar-refractivity contribution >= 4 is 21.4 Å². The average Bonchev–Trinajstić information content (AvgIpc) is 2.91. The highest BCUT2D eigenvalue weighted by atomic mass is 32.2. The second kappa shape index (κ2) is 6.78. The minimum absolute atomic E-state index is 0.105. The Morgan fingerprint density at radius 3 is 2.90 bits per heavy atom. The SMILES string of the molecule is NCC#Cc1ccc(CNS(=O)(=O)c2cncc(F)c2)s1. The molecule has 0 aliphatic heterocycles. The molecule has 3 N–H and O–H groups in total. The van der Waals surface area contributed by atoms with Crippen LogP contribution in [0.3, 0.4) is 0 Å². The van der Waals surface area contributed by atoms with E-state index in [0.29, 0.717) is 0 Å². The van der Waals surface area contributed by atoms with Gasteiger partial charge in [-0.1, -0.05) is 11.8 Å². The van der Waals surface area contributed by atoms with E-state index in [1.54, 1.807) is 12.1 Å². The lowest BCUT2D eigenvalue weighted by Crippen LogP contribution is -2.23. The molecule has 8 heteroatoms. The first-order chi connectivity index (χ1) is 10.0. The average molecular weight is 325 g/mol. The summed E-state index contributed by atoms with van der Waals surface area (Å²) < 4.78 is 39.4. The number of hydrogen-bond acceptors (Lipinski definition) is 5. The molecule has 0 unspecified atom stereocenters. The zero-order chi connectivity index (χ0) is 15.3. The summed E-state index contributed by atoms with van der Waals surface area (Å²) in [5.41, 5.74) is 5.28. The summed E-state index contributed by atoms with van der Waals surface area (Å²) in [4.78, 5) is 4.92. The van der Waals surface area contributed by atoms with Crippen LogP contribution in [0.25, 0.3) is 0 Å². The number of nitrogens with zero attached hydrogens (tertiary/aromatic N) is 1. The van der Waals surface area contributed by atoms with E-state index >= 15 is 0 Å². The minimum Gasteiger partial charge on any atom is -0.320 e. The van der Waals surface area contributed by atoms with E-state index < -0.39 is 15.8 Å². The van der Waals surface area contributed by atoms with Crippen LogP contribution in [-0.4, -0.2) is 19.9 Å². The quantitative estimate of drug-likeness (QED) is 0.824. The Labute approximate surface area is 126 Å². The van der Waals surface area contributed by atoms with Gasteiger partial charge in [0, 0.05) is 17.6 Å². The summed E-state index contributed by atoms with van der Waals surface area (Å²) >= 11 is 1.37. The first-order valence-electron chi connectivity index (χ1n) is 5.89. The highest BCUT2D eigenvalue weighted by molar-refractivity contribution is 7.89. The fourth-order valence-corrected chi connectivity index (χ4v) is 3.36. The van der Waals surface area contributed by atoms with Crippen molar-refractivity contribution in [1.82, 2.24) is 9.71 Å². The number of hydrogen-bond donors (Lipinski definition) is 2. The Kier molecular flexibility index (Phi) is 5.03. The second-order valence-electron chi connectivity index (χ2n) is 3.94. The van der Waals surface area contributed by atoms with Gasteiger partial charge in [-0.3, -0.25) is 4.98 Å². The van der Waals surface area contributed by atoms with E-state index in [0.717, 1.165) is 28.2 Å². The molecular formula is C13H12FN3O2S2. The number of rotatable bonds is 4. The van der Waals surface area contributed by atoms with Gasteiger partial charge in [-0.15, -0.1) is 11.3 Å². The summed E-state index contributed by atoms with van der Waals surface area (Å²) in [5, 5.41) is 0. The lowest BCUT2D eigenvalue weighted by molar-refractivity contribution is 0.576. The van der Waals surface area contributed by atoms with Crippen LogP contribution >= 0.6 is 11.3 Å². The normalized spacial score (nSPS) is 11.0. The van der Waals surface area contributed by atoms with Gasteiger partial charge >= 0.3 is 0 Å². The molecule has 0 spiro atoms. The van der Waals surface area contributed by atoms with Crippen molar-refractivity contribution in [3.8, 4) is 11.8 Å². The van der Waals surface area contributed by atoms with Gasteiger partial charge in [0.25, 0.3) is 0 Å². The molecule has 0 fully saturated rings. The van der Waals surface area contributed by atoms with Gasteiger partial charge in [0.15, 0.2) is 0 Å².